The fourth-order valence-electron chi connectivity index (χ4n) is 3.13. The topological polar surface area (TPSA) is 22.1 Å². The summed E-state index contributed by atoms with van der Waals surface area (Å²) in [6.45, 7) is 12.6. The summed E-state index contributed by atoms with van der Waals surface area (Å²) in [6, 6.07) is 10.8. The standard InChI is InChI=1S/C24H39NOSi/c1-24(2,3)27(4,5)26-19-12-10-8-6-7-9-11-14-21-16-17-22-15-13-18-25-23(22)20-21/h13,15-18,20H,6-12,14,19H2,1-5H3. The minimum absolute atomic E-state index is 0.327. The molecule has 0 amide bonds. The molecule has 2 aromatic rings. The van der Waals surface area contributed by atoms with Crippen molar-refractivity contribution in [2.75, 3.05) is 6.61 Å². The van der Waals surface area contributed by atoms with E-state index >= 15 is 0 Å². The van der Waals surface area contributed by atoms with Crippen LogP contribution < -0.4 is 0 Å². The van der Waals surface area contributed by atoms with E-state index in [1.165, 1.54) is 62.3 Å². The highest BCUT2D eigenvalue weighted by Gasteiger charge is 2.36. The minimum Gasteiger partial charge on any atom is -0.417 e. The van der Waals surface area contributed by atoms with Crippen molar-refractivity contribution >= 4 is 19.2 Å². The van der Waals surface area contributed by atoms with Gasteiger partial charge in [0.1, 0.15) is 0 Å². The van der Waals surface area contributed by atoms with Crippen molar-refractivity contribution in [1.29, 1.82) is 0 Å². The molecule has 2 rings (SSSR count). The molecular weight excluding hydrogens is 346 g/mol. The van der Waals surface area contributed by atoms with Crippen molar-refractivity contribution in [1.82, 2.24) is 4.98 Å². The molecule has 2 nitrogen and oxygen atoms in total. The summed E-state index contributed by atoms with van der Waals surface area (Å²) >= 11 is 0. The van der Waals surface area contributed by atoms with Gasteiger partial charge in [-0.1, -0.05) is 71.1 Å². The first-order valence-corrected chi connectivity index (χ1v) is 13.7. The van der Waals surface area contributed by atoms with Gasteiger partial charge in [0.2, 0.25) is 0 Å². The summed E-state index contributed by atoms with van der Waals surface area (Å²) in [7, 11) is -1.55. The number of pyridine rings is 1. The zero-order valence-electron chi connectivity index (χ0n) is 18.2. The average molecular weight is 386 g/mol. The van der Waals surface area contributed by atoms with Gasteiger partial charge in [0.05, 0.1) is 5.52 Å². The number of hydrogen-bond acceptors (Lipinski definition) is 2. The van der Waals surface area contributed by atoms with Gasteiger partial charge in [0, 0.05) is 18.2 Å². The van der Waals surface area contributed by atoms with E-state index in [1.807, 2.05) is 12.3 Å². The first-order chi connectivity index (χ1) is 12.8. The van der Waals surface area contributed by atoms with Crippen molar-refractivity contribution < 1.29 is 4.43 Å². The monoisotopic (exact) mass is 385 g/mol. The van der Waals surface area contributed by atoms with Crippen LogP contribution in [0.15, 0.2) is 36.5 Å². The Morgan fingerprint density at radius 1 is 0.889 bits per heavy atom. The predicted molar refractivity (Wildman–Crippen MR) is 121 cm³/mol. The lowest BCUT2D eigenvalue weighted by molar-refractivity contribution is 0.277. The third-order valence-electron chi connectivity index (χ3n) is 6.05. The van der Waals surface area contributed by atoms with Crippen molar-refractivity contribution in [2.24, 2.45) is 0 Å². The number of hydrogen-bond donors (Lipinski definition) is 0. The Bertz CT molecular complexity index is 690. The molecule has 0 N–H and O–H groups in total. The second-order valence-corrected chi connectivity index (χ2v) is 14.2. The number of aryl methyl sites for hydroxylation is 1. The van der Waals surface area contributed by atoms with Crippen LogP contribution in [-0.4, -0.2) is 19.9 Å². The van der Waals surface area contributed by atoms with Crippen LogP contribution in [0.2, 0.25) is 18.1 Å². The Hall–Kier alpha value is -1.19. The molecule has 0 fully saturated rings. The quantitative estimate of drug-likeness (QED) is 0.294. The van der Waals surface area contributed by atoms with E-state index in [9.17, 15) is 0 Å². The zero-order valence-corrected chi connectivity index (χ0v) is 19.2. The van der Waals surface area contributed by atoms with Gasteiger partial charge in [-0.15, -0.1) is 0 Å². The molecule has 0 aliphatic carbocycles. The number of nitrogens with zero attached hydrogens (tertiary/aromatic N) is 1. The van der Waals surface area contributed by atoms with Crippen LogP contribution in [0, 0.1) is 0 Å². The molecule has 0 radical (unpaired) electrons. The van der Waals surface area contributed by atoms with Gasteiger partial charge in [-0.3, -0.25) is 4.98 Å². The molecule has 3 heteroatoms. The largest absolute Gasteiger partial charge is 0.417 e. The maximum absolute atomic E-state index is 6.25. The van der Waals surface area contributed by atoms with Gasteiger partial charge in [-0.2, -0.15) is 0 Å². The Labute approximate surface area is 167 Å². The van der Waals surface area contributed by atoms with Crippen molar-refractivity contribution in [2.45, 2.75) is 90.3 Å². The molecule has 0 spiro atoms. The van der Waals surface area contributed by atoms with Crippen molar-refractivity contribution in [3.8, 4) is 0 Å². The third kappa shape index (κ3) is 7.38. The van der Waals surface area contributed by atoms with Crippen molar-refractivity contribution in [3.63, 3.8) is 0 Å². The number of rotatable bonds is 11. The van der Waals surface area contributed by atoms with Crippen LogP contribution in [0.25, 0.3) is 10.9 Å². The number of benzene rings is 1. The molecular formula is C24H39NOSi. The van der Waals surface area contributed by atoms with E-state index < -0.39 is 8.32 Å². The minimum atomic E-state index is -1.55. The Balaban J connectivity index is 1.50. The van der Waals surface area contributed by atoms with E-state index in [0.717, 1.165) is 12.1 Å². The van der Waals surface area contributed by atoms with Gasteiger partial charge in [0.15, 0.2) is 8.32 Å². The fourth-order valence-corrected chi connectivity index (χ4v) is 4.21. The molecule has 0 aliphatic heterocycles. The van der Waals surface area contributed by atoms with Gasteiger partial charge in [-0.25, -0.2) is 0 Å². The van der Waals surface area contributed by atoms with Gasteiger partial charge in [0.25, 0.3) is 0 Å². The number of fused-ring (bicyclic) bond motifs is 1. The van der Waals surface area contributed by atoms with Gasteiger partial charge >= 0.3 is 0 Å². The van der Waals surface area contributed by atoms with E-state index in [-0.39, 0.29) is 0 Å². The van der Waals surface area contributed by atoms with Crippen LogP contribution in [-0.2, 0) is 10.8 Å². The van der Waals surface area contributed by atoms with E-state index in [4.69, 9.17) is 4.43 Å². The summed E-state index contributed by atoms with van der Waals surface area (Å²) in [6.07, 6.45) is 12.3. The van der Waals surface area contributed by atoms with E-state index in [0.29, 0.717) is 5.04 Å². The highest BCUT2D eigenvalue weighted by atomic mass is 28.4. The zero-order chi connectivity index (χ0) is 19.8. The predicted octanol–water partition coefficient (Wildman–Crippen LogP) is 7.53. The maximum atomic E-state index is 6.25. The smallest absolute Gasteiger partial charge is 0.191 e. The van der Waals surface area contributed by atoms with Gasteiger partial charge < -0.3 is 4.43 Å². The first kappa shape index (κ1) is 22.1. The molecule has 0 bridgehead atoms. The third-order valence-corrected chi connectivity index (χ3v) is 10.6. The molecule has 0 unspecified atom stereocenters. The molecule has 1 heterocycles. The highest BCUT2D eigenvalue weighted by Crippen LogP contribution is 2.36. The van der Waals surface area contributed by atoms with Crippen molar-refractivity contribution in [3.05, 3.63) is 42.1 Å². The summed E-state index contributed by atoms with van der Waals surface area (Å²) in [5.41, 5.74) is 2.54. The number of aromatic nitrogens is 1. The Morgan fingerprint density at radius 2 is 1.56 bits per heavy atom. The molecule has 0 saturated carbocycles. The van der Waals surface area contributed by atoms with Crippen LogP contribution in [0.3, 0.4) is 0 Å². The lowest BCUT2D eigenvalue weighted by atomic mass is 10.0. The molecule has 0 aliphatic rings. The first-order valence-electron chi connectivity index (χ1n) is 10.8. The molecule has 27 heavy (non-hydrogen) atoms. The van der Waals surface area contributed by atoms with Crippen LogP contribution in [0.4, 0.5) is 0 Å². The lowest BCUT2D eigenvalue weighted by Crippen LogP contribution is -2.40. The lowest BCUT2D eigenvalue weighted by Gasteiger charge is -2.36. The van der Waals surface area contributed by atoms with Crippen LogP contribution >= 0.6 is 0 Å². The second-order valence-electron chi connectivity index (χ2n) is 9.36. The highest BCUT2D eigenvalue weighted by molar-refractivity contribution is 6.74. The normalized spacial score (nSPS) is 12.6. The fraction of sp³-hybridized carbons (Fsp3) is 0.625. The SMILES string of the molecule is CC(C)(C)[Si](C)(C)OCCCCCCCCCc1ccc2cccnc2c1. The Morgan fingerprint density at radius 3 is 2.26 bits per heavy atom. The van der Waals surface area contributed by atoms with E-state index in [2.05, 4.69) is 63.1 Å². The van der Waals surface area contributed by atoms with Gasteiger partial charge in [-0.05, 0) is 55.1 Å². The van der Waals surface area contributed by atoms with E-state index in [1.54, 1.807) is 0 Å². The number of unbranched alkanes of at least 4 members (excludes halogenated alkanes) is 6. The summed E-state index contributed by atoms with van der Waals surface area (Å²) < 4.78 is 6.25. The molecule has 1 aromatic heterocycles. The summed E-state index contributed by atoms with van der Waals surface area (Å²) in [5.74, 6) is 0. The van der Waals surface area contributed by atoms with Crippen LogP contribution in [0.5, 0.6) is 0 Å². The molecule has 0 atom stereocenters. The average Bonchev–Trinajstić information content (AvgIpc) is 2.62. The molecule has 150 valence electrons. The van der Waals surface area contributed by atoms with Crippen LogP contribution in [0.1, 0.15) is 71.3 Å². The maximum Gasteiger partial charge on any atom is 0.191 e. The molecule has 1 aromatic carbocycles. The molecule has 0 saturated heterocycles. The second kappa shape index (κ2) is 10.4. The summed E-state index contributed by atoms with van der Waals surface area (Å²) in [5, 5.41) is 1.56. The summed E-state index contributed by atoms with van der Waals surface area (Å²) in [4.78, 5) is 4.46. The Kier molecular flexibility index (Phi) is 8.49.